The Morgan fingerprint density at radius 3 is 2.81 bits per heavy atom. The fourth-order valence-electron chi connectivity index (χ4n) is 1.32. The summed E-state index contributed by atoms with van der Waals surface area (Å²) in [5, 5.41) is 0.915. The molecule has 0 atom stereocenters. The quantitative estimate of drug-likeness (QED) is 0.471. The number of methoxy groups -OCH3 is 1. The summed E-state index contributed by atoms with van der Waals surface area (Å²) >= 11 is 3.33. The van der Waals surface area contributed by atoms with Crippen LogP contribution in [0.2, 0.25) is 0 Å². The van der Waals surface area contributed by atoms with Crippen molar-refractivity contribution >= 4 is 21.9 Å². The first-order valence-corrected chi connectivity index (χ1v) is 6.16. The Labute approximate surface area is 102 Å². The first-order valence-electron chi connectivity index (χ1n) is 5.04. The first kappa shape index (κ1) is 13.0. The fourth-order valence-corrected chi connectivity index (χ4v) is 1.72. The van der Waals surface area contributed by atoms with E-state index in [1.807, 2.05) is 0 Å². The molecule has 4 nitrogen and oxygen atoms in total. The van der Waals surface area contributed by atoms with Crippen molar-refractivity contribution in [2.75, 3.05) is 12.4 Å². The van der Waals surface area contributed by atoms with Gasteiger partial charge in [-0.3, -0.25) is 4.79 Å². The van der Waals surface area contributed by atoms with Crippen LogP contribution < -0.4 is 5.56 Å². The van der Waals surface area contributed by atoms with E-state index in [0.29, 0.717) is 12.1 Å². The lowest BCUT2D eigenvalue weighted by Gasteiger charge is -2.06. The van der Waals surface area contributed by atoms with Crippen LogP contribution in [0.25, 0.3) is 0 Å². The Hall–Kier alpha value is -1.10. The van der Waals surface area contributed by atoms with Gasteiger partial charge in [-0.25, -0.2) is 4.79 Å². The Morgan fingerprint density at radius 2 is 2.19 bits per heavy atom. The standard InChI is InChI=1S/C11H14BrNO3/c1-16-11(15)9-4-5-10(14)13(8-9)7-3-2-6-12/h4-5,8H,2-3,6-7H2,1H3. The number of rotatable bonds is 5. The third-order valence-electron chi connectivity index (χ3n) is 2.19. The molecule has 88 valence electrons. The summed E-state index contributed by atoms with van der Waals surface area (Å²) < 4.78 is 6.13. The summed E-state index contributed by atoms with van der Waals surface area (Å²) in [6.07, 6.45) is 3.44. The van der Waals surface area contributed by atoms with Crippen LogP contribution in [-0.4, -0.2) is 23.0 Å². The van der Waals surface area contributed by atoms with E-state index in [2.05, 4.69) is 20.7 Å². The average Bonchev–Trinajstić information content (AvgIpc) is 2.31. The van der Waals surface area contributed by atoms with E-state index in [9.17, 15) is 9.59 Å². The van der Waals surface area contributed by atoms with Gasteiger partial charge in [0.15, 0.2) is 0 Å². The van der Waals surface area contributed by atoms with Gasteiger partial charge < -0.3 is 9.30 Å². The number of hydrogen-bond acceptors (Lipinski definition) is 3. The van der Waals surface area contributed by atoms with Gasteiger partial charge in [0, 0.05) is 24.1 Å². The predicted octanol–water partition coefficient (Wildman–Crippen LogP) is 1.81. The molecule has 0 unspecified atom stereocenters. The minimum atomic E-state index is -0.422. The predicted molar refractivity (Wildman–Crippen MR) is 65.1 cm³/mol. The summed E-state index contributed by atoms with van der Waals surface area (Å²) in [4.78, 5) is 22.7. The van der Waals surface area contributed by atoms with E-state index < -0.39 is 5.97 Å². The zero-order valence-corrected chi connectivity index (χ0v) is 10.7. The van der Waals surface area contributed by atoms with Crippen molar-refractivity contribution in [1.82, 2.24) is 4.57 Å². The van der Waals surface area contributed by atoms with Crippen LogP contribution in [0.15, 0.2) is 23.1 Å². The largest absolute Gasteiger partial charge is 0.465 e. The molecule has 1 heterocycles. The molecule has 0 amide bonds. The van der Waals surface area contributed by atoms with E-state index in [0.717, 1.165) is 18.2 Å². The normalized spacial score (nSPS) is 10.1. The topological polar surface area (TPSA) is 48.3 Å². The second kappa shape index (κ2) is 6.48. The third kappa shape index (κ3) is 3.48. The zero-order valence-electron chi connectivity index (χ0n) is 9.11. The van der Waals surface area contributed by atoms with Crippen LogP contribution in [0.4, 0.5) is 0 Å². The van der Waals surface area contributed by atoms with Gasteiger partial charge in [0.1, 0.15) is 0 Å². The van der Waals surface area contributed by atoms with Crippen LogP contribution in [0.3, 0.4) is 0 Å². The number of hydrogen-bond donors (Lipinski definition) is 0. The van der Waals surface area contributed by atoms with E-state index in [1.54, 1.807) is 6.20 Å². The van der Waals surface area contributed by atoms with Crippen molar-refractivity contribution in [2.24, 2.45) is 0 Å². The van der Waals surface area contributed by atoms with Crippen LogP contribution in [0, 0.1) is 0 Å². The SMILES string of the molecule is COC(=O)c1ccc(=O)n(CCCCBr)c1. The van der Waals surface area contributed by atoms with Crippen molar-refractivity contribution in [3.05, 3.63) is 34.2 Å². The Balaban J connectivity index is 2.82. The highest BCUT2D eigenvalue weighted by Crippen LogP contribution is 2.01. The number of aryl methyl sites for hydroxylation is 1. The van der Waals surface area contributed by atoms with Crippen LogP contribution in [-0.2, 0) is 11.3 Å². The monoisotopic (exact) mass is 287 g/mol. The van der Waals surface area contributed by atoms with E-state index in [4.69, 9.17) is 0 Å². The van der Waals surface area contributed by atoms with Crippen molar-refractivity contribution in [1.29, 1.82) is 0 Å². The minimum absolute atomic E-state index is 0.0952. The van der Waals surface area contributed by atoms with E-state index in [-0.39, 0.29) is 5.56 Å². The number of ether oxygens (including phenoxy) is 1. The number of carbonyl (C=O) groups is 1. The lowest BCUT2D eigenvalue weighted by atomic mass is 10.2. The van der Waals surface area contributed by atoms with Gasteiger partial charge in [-0.05, 0) is 18.9 Å². The number of halogens is 1. The van der Waals surface area contributed by atoms with Gasteiger partial charge in [0.05, 0.1) is 12.7 Å². The number of pyridine rings is 1. The molecule has 1 rings (SSSR count). The highest BCUT2D eigenvalue weighted by atomic mass is 79.9. The third-order valence-corrected chi connectivity index (χ3v) is 2.75. The van der Waals surface area contributed by atoms with E-state index in [1.165, 1.54) is 23.8 Å². The molecule has 5 heteroatoms. The molecule has 0 aliphatic carbocycles. The molecule has 0 N–H and O–H groups in total. The molecule has 0 aromatic carbocycles. The minimum Gasteiger partial charge on any atom is -0.465 e. The molecule has 0 saturated carbocycles. The lowest BCUT2D eigenvalue weighted by Crippen LogP contribution is -2.20. The molecule has 1 aromatic heterocycles. The molecule has 0 fully saturated rings. The van der Waals surface area contributed by atoms with Gasteiger partial charge in [0.25, 0.3) is 5.56 Å². The molecule has 0 bridgehead atoms. The maximum absolute atomic E-state index is 11.5. The highest BCUT2D eigenvalue weighted by molar-refractivity contribution is 9.09. The maximum Gasteiger partial charge on any atom is 0.339 e. The van der Waals surface area contributed by atoms with Crippen LogP contribution in [0.5, 0.6) is 0 Å². The van der Waals surface area contributed by atoms with Crippen LogP contribution in [0.1, 0.15) is 23.2 Å². The molecule has 0 spiro atoms. The Bertz CT molecular complexity index is 414. The molecule has 0 saturated heterocycles. The van der Waals surface area contributed by atoms with Crippen molar-refractivity contribution < 1.29 is 9.53 Å². The Morgan fingerprint density at radius 1 is 1.44 bits per heavy atom. The fraction of sp³-hybridized carbons (Fsp3) is 0.455. The zero-order chi connectivity index (χ0) is 12.0. The maximum atomic E-state index is 11.5. The summed E-state index contributed by atoms with van der Waals surface area (Å²) in [6.45, 7) is 0.620. The first-order chi connectivity index (χ1) is 7.69. The number of carbonyl (C=O) groups excluding carboxylic acids is 1. The second-order valence-electron chi connectivity index (χ2n) is 3.34. The van der Waals surface area contributed by atoms with Crippen molar-refractivity contribution in [3.8, 4) is 0 Å². The van der Waals surface area contributed by atoms with Gasteiger partial charge in [-0.2, -0.15) is 0 Å². The Kier molecular flexibility index (Phi) is 5.25. The smallest absolute Gasteiger partial charge is 0.339 e. The van der Waals surface area contributed by atoms with Gasteiger partial charge in [-0.15, -0.1) is 0 Å². The molecule has 0 aliphatic rings. The lowest BCUT2D eigenvalue weighted by molar-refractivity contribution is 0.0599. The summed E-state index contributed by atoms with van der Waals surface area (Å²) in [5.41, 5.74) is 0.308. The number of unbranched alkanes of at least 4 members (excludes halogenated alkanes) is 1. The summed E-state index contributed by atoms with van der Waals surface area (Å²) in [6, 6.07) is 2.87. The number of aromatic nitrogens is 1. The van der Waals surface area contributed by atoms with Crippen molar-refractivity contribution in [3.63, 3.8) is 0 Å². The average molecular weight is 288 g/mol. The summed E-state index contributed by atoms with van der Waals surface area (Å²) in [5.74, 6) is -0.422. The number of esters is 1. The van der Waals surface area contributed by atoms with E-state index >= 15 is 0 Å². The number of nitrogens with zero attached hydrogens (tertiary/aromatic N) is 1. The molecule has 16 heavy (non-hydrogen) atoms. The molecule has 0 radical (unpaired) electrons. The molecule has 0 aliphatic heterocycles. The molecule has 1 aromatic rings. The molecular weight excluding hydrogens is 274 g/mol. The van der Waals surface area contributed by atoms with Gasteiger partial charge >= 0.3 is 5.97 Å². The highest BCUT2D eigenvalue weighted by Gasteiger charge is 2.06. The van der Waals surface area contributed by atoms with Gasteiger partial charge in [-0.1, -0.05) is 15.9 Å². The second-order valence-corrected chi connectivity index (χ2v) is 4.13. The van der Waals surface area contributed by atoms with Crippen LogP contribution >= 0.6 is 15.9 Å². The summed E-state index contributed by atoms with van der Waals surface area (Å²) in [7, 11) is 1.32. The van der Waals surface area contributed by atoms with Gasteiger partial charge in [0.2, 0.25) is 0 Å². The molecular formula is C11H14BrNO3. The van der Waals surface area contributed by atoms with Crippen molar-refractivity contribution in [2.45, 2.75) is 19.4 Å². The number of alkyl halides is 1.